The number of nitro groups is 1. The number of aliphatic hydroxyl groups is 1. The van der Waals surface area contributed by atoms with Crippen LogP contribution in [0, 0.1) is 10.1 Å². The minimum atomic E-state index is -0.892. The van der Waals surface area contributed by atoms with Gasteiger partial charge in [-0.2, -0.15) is 4.98 Å². The van der Waals surface area contributed by atoms with Crippen molar-refractivity contribution in [2.45, 2.75) is 33.0 Å². The lowest BCUT2D eigenvalue weighted by Crippen LogP contribution is -2.03. The van der Waals surface area contributed by atoms with Crippen LogP contribution in [0.25, 0.3) is 0 Å². The molecule has 1 heterocycles. The predicted molar refractivity (Wildman–Crippen MR) is 71.7 cm³/mol. The number of rotatable bonds is 6. The summed E-state index contributed by atoms with van der Waals surface area (Å²) < 4.78 is 10.5. The summed E-state index contributed by atoms with van der Waals surface area (Å²) in [6, 6.07) is 4.05. The van der Waals surface area contributed by atoms with Gasteiger partial charge in [-0.15, -0.1) is 0 Å². The summed E-state index contributed by atoms with van der Waals surface area (Å²) in [5.41, 5.74) is 0.231. The Hall–Kier alpha value is -2.48. The van der Waals surface area contributed by atoms with E-state index in [1.807, 2.05) is 6.92 Å². The molecule has 8 nitrogen and oxygen atoms in total. The summed E-state index contributed by atoms with van der Waals surface area (Å²) in [5, 5.41) is 24.2. The molecule has 0 aliphatic rings. The molecule has 0 bridgehead atoms. The second-order valence-corrected chi connectivity index (χ2v) is 4.40. The van der Waals surface area contributed by atoms with Gasteiger partial charge in [0.25, 0.3) is 5.69 Å². The average molecular weight is 293 g/mol. The molecule has 2 rings (SSSR count). The molecule has 1 N–H and O–H groups in total. The van der Waals surface area contributed by atoms with E-state index in [4.69, 9.17) is 9.26 Å². The van der Waals surface area contributed by atoms with Gasteiger partial charge in [-0.1, -0.05) is 12.1 Å². The van der Waals surface area contributed by atoms with Crippen LogP contribution in [0.15, 0.2) is 22.7 Å². The summed E-state index contributed by atoms with van der Waals surface area (Å²) in [6.45, 7) is 3.45. The van der Waals surface area contributed by atoms with Crippen LogP contribution >= 0.6 is 0 Å². The number of aryl methyl sites for hydroxylation is 1. The first-order valence-electron chi connectivity index (χ1n) is 6.42. The summed E-state index contributed by atoms with van der Waals surface area (Å²) in [7, 11) is 0. The molecule has 0 saturated heterocycles. The lowest BCUT2D eigenvalue weighted by atomic mass is 10.1. The van der Waals surface area contributed by atoms with E-state index in [1.54, 1.807) is 0 Å². The van der Waals surface area contributed by atoms with Crippen LogP contribution in [0.1, 0.15) is 37.2 Å². The van der Waals surface area contributed by atoms with Gasteiger partial charge in [0.15, 0.2) is 6.61 Å². The number of benzene rings is 1. The van der Waals surface area contributed by atoms with Crippen LogP contribution in [-0.4, -0.2) is 20.2 Å². The molecular formula is C13H15N3O5. The zero-order chi connectivity index (χ0) is 15.4. The number of hydrogen-bond acceptors (Lipinski definition) is 7. The van der Waals surface area contributed by atoms with Crippen molar-refractivity contribution in [3.8, 4) is 5.75 Å². The molecule has 2 aromatic rings. The van der Waals surface area contributed by atoms with E-state index in [-0.39, 0.29) is 12.3 Å². The molecule has 1 aromatic carbocycles. The molecule has 8 heteroatoms. The molecule has 0 spiro atoms. The fourth-order valence-electron chi connectivity index (χ4n) is 1.74. The highest BCUT2D eigenvalue weighted by atomic mass is 16.6. The van der Waals surface area contributed by atoms with E-state index >= 15 is 0 Å². The van der Waals surface area contributed by atoms with Crippen molar-refractivity contribution in [2.24, 2.45) is 0 Å². The highest BCUT2D eigenvalue weighted by Gasteiger charge is 2.16. The standard InChI is InChI=1S/C13H15N3O5/c1-3-13-14-12(15-21-13)7-20-11-5-4-9(16(18)19)6-10(11)8(2)17/h4-6,8,17H,3,7H2,1-2H3/t8-/m0/s1. The van der Waals surface area contributed by atoms with Gasteiger partial charge in [0, 0.05) is 24.1 Å². The lowest BCUT2D eigenvalue weighted by molar-refractivity contribution is -0.385. The van der Waals surface area contributed by atoms with Crippen molar-refractivity contribution < 1.29 is 19.3 Å². The van der Waals surface area contributed by atoms with Gasteiger partial charge < -0.3 is 14.4 Å². The predicted octanol–water partition coefficient (Wildman–Crippen LogP) is 2.17. The van der Waals surface area contributed by atoms with Gasteiger partial charge in [0.05, 0.1) is 11.0 Å². The Labute approximate surface area is 120 Å². The minimum Gasteiger partial charge on any atom is -0.485 e. The van der Waals surface area contributed by atoms with Crippen LogP contribution in [-0.2, 0) is 13.0 Å². The van der Waals surface area contributed by atoms with Crippen LogP contribution in [0.4, 0.5) is 5.69 Å². The number of aliphatic hydroxyl groups excluding tert-OH is 1. The molecular weight excluding hydrogens is 278 g/mol. The zero-order valence-electron chi connectivity index (χ0n) is 11.6. The van der Waals surface area contributed by atoms with E-state index in [1.165, 1.54) is 25.1 Å². The number of aromatic nitrogens is 2. The third kappa shape index (κ3) is 3.54. The highest BCUT2D eigenvalue weighted by molar-refractivity contribution is 5.44. The van der Waals surface area contributed by atoms with Gasteiger partial charge in [0.2, 0.25) is 11.7 Å². The molecule has 0 aliphatic heterocycles. The fraction of sp³-hybridized carbons (Fsp3) is 0.385. The van der Waals surface area contributed by atoms with Crippen molar-refractivity contribution in [1.82, 2.24) is 10.1 Å². The van der Waals surface area contributed by atoms with Gasteiger partial charge in [-0.25, -0.2) is 0 Å². The third-order valence-electron chi connectivity index (χ3n) is 2.82. The Balaban J connectivity index is 2.17. The minimum absolute atomic E-state index is 0.0566. The molecule has 21 heavy (non-hydrogen) atoms. The van der Waals surface area contributed by atoms with Crippen LogP contribution in [0.2, 0.25) is 0 Å². The van der Waals surface area contributed by atoms with Crippen LogP contribution < -0.4 is 4.74 Å². The van der Waals surface area contributed by atoms with E-state index in [9.17, 15) is 15.2 Å². The largest absolute Gasteiger partial charge is 0.485 e. The number of nitrogens with zero attached hydrogens (tertiary/aromatic N) is 3. The molecule has 0 amide bonds. The van der Waals surface area contributed by atoms with Gasteiger partial charge in [0.1, 0.15) is 5.75 Å². The van der Waals surface area contributed by atoms with E-state index in [0.29, 0.717) is 29.4 Å². The second kappa shape index (κ2) is 6.31. The van der Waals surface area contributed by atoms with Crippen molar-refractivity contribution in [3.05, 3.63) is 45.6 Å². The van der Waals surface area contributed by atoms with E-state index in [0.717, 1.165) is 0 Å². The van der Waals surface area contributed by atoms with Gasteiger partial charge in [-0.3, -0.25) is 10.1 Å². The second-order valence-electron chi connectivity index (χ2n) is 4.40. The van der Waals surface area contributed by atoms with Crippen molar-refractivity contribution in [2.75, 3.05) is 0 Å². The molecule has 0 radical (unpaired) electrons. The highest BCUT2D eigenvalue weighted by Crippen LogP contribution is 2.29. The maximum atomic E-state index is 10.8. The number of nitro benzene ring substituents is 1. The van der Waals surface area contributed by atoms with E-state index in [2.05, 4.69) is 10.1 Å². The summed E-state index contributed by atoms with van der Waals surface area (Å²) in [5.74, 6) is 1.23. The van der Waals surface area contributed by atoms with Gasteiger partial charge >= 0.3 is 0 Å². The van der Waals surface area contributed by atoms with Crippen LogP contribution in [0.3, 0.4) is 0 Å². The van der Waals surface area contributed by atoms with E-state index < -0.39 is 11.0 Å². The molecule has 0 aliphatic carbocycles. The van der Waals surface area contributed by atoms with Crippen molar-refractivity contribution in [1.29, 1.82) is 0 Å². The lowest BCUT2D eigenvalue weighted by Gasteiger charge is -2.12. The Kier molecular flexibility index (Phi) is 4.49. The monoisotopic (exact) mass is 293 g/mol. The first-order valence-corrected chi connectivity index (χ1v) is 6.42. The average Bonchev–Trinajstić information content (AvgIpc) is 2.92. The Bertz CT molecular complexity index is 638. The SMILES string of the molecule is CCc1nc(COc2ccc([N+](=O)[O-])cc2[C@H](C)O)no1. The molecule has 0 fully saturated rings. The first kappa shape index (κ1) is 14.9. The quantitative estimate of drug-likeness (QED) is 0.641. The summed E-state index contributed by atoms with van der Waals surface area (Å²) in [6.07, 6.45) is -0.264. The maximum Gasteiger partial charge on any atom is 0.270 e. The molecule has 0 saturated carbocycles. The molecule has 112 valence electrons. The fourth-order valence-corrected chi connectivity index (χ4v) is 1.74. The normalized spacial score (nSPS) is 12.1. The first-order chi connectivity index (χ1) is 10.0. The van der Waals surface area contributed by atoms with Crippen molar-refractivity contribution >= 4 is 5.69 Å². The zero-order valence-corrected chi connectivity index (χ0v) is 11.6. The summed E-state index contributed by atoms with van der Waals surface area (Å²) in [4.78, 5) is 14.3. The Morgan fingerprint density at radius 1 is 1.52 bits per heavy atom. The number of hydrogen-bond donors (Lipinski definition) is 1. The van der Waals surface area contributed by atoms with Gasteiger partial charge in [-0.05, 0) is 13.0 Å². The third-order valence-corrected chi connectivity index (χ3v) is 2.82. The molecule has 1 aromatic heterocycles. The van der Waals surface area contributed by atoms with Crippen molar-refractivity contribution in [3.63, 3.8) is 0 Å². The number of non-ortho nitro benzene ring substituents is 1. The molecule has 0 unspecified atom stereocenters. The van der Waals surface area contributed by atoms with Crippen LogP contribution in [0.5, 0.6) is 5.75 Å². The maximum absolute atomic E-state index is 10.8. The molecule has 1 atom stereocenters. The Morgan fingerprint density at radius 2 is 2.29 bits per heavy atom. The summed E-state index contributed by atoms with van der Waals surface area (Å²) >= 11 is 0. The smallest absolute Gasteiger partial charge is 0.270 e. The topological polar surface area (TPSA) is 112 Å². The number of ether oxygens (including phenoxy) is 1. The Morgan fingerprint density at radius 3 is 2.86 bits per heavy atom.